The predicted molar refractivity (Wildman–Crippen MR) is 113 cm³/mol. The lowest BCUT2D eigenvalue weighted by Gasteiger charge is -2.20. The number of amides is 1. The second-order valence-electron chi connectivity index (χ2n) is 7.81. The van der Waals surface area contributed by atoms with Crippen LogP contribution in [0.1, 0.15) is 52.7 Å². The van der Waals surface area contributed by atoms with E-state index in [-0.39, 0.29) is 11.8 Å². The van der Waals surface area contributed by atoms with E-state index in [4.69, 9.17) is 0 Å². The van der Waals surface area contributed by atoms with E-state index in [1.54, 1.807) is 28.9 Å². The van der Waals surface area contributed by atoms with Crippen LogP contribution in [-0.4, -0.2) is 38.0 Å². The van der Waals surface area contributed by atoms with Crippen molar-refractivity contribution < 1.29 is 9.90 Å². The number of para-hydroxylation sites is 1. The predicted octanol–water partition coefficient (Wildman–Crippen LogP) is 3.85. The first-order valence-corrected chi connectivity index (χ1v) is 9.80. The van der Waals surface area contributed by atoms with Crippen molar-refractivity contribution in [2.75, 3.05) is 7.05 Å². The second-order valence-corrected chi connectivity index (χ2v) is 7.81. The third-order valence-corrected chi connectivity index (χ3v) is 5.30. The third-order valence-electron chi connectivity index (χ3n) is 5.30. The fourth-order valence-corrected chi connectivity index (χ4v) is 3.24. The van der Waals surface area contributed by atoms with Gasteiger partial charge in [-0.2, -0.15) is 0 Å². The van der Waals surface area contributed by atoms with E-state index < -0.39 is 6.10 Å². The number of hydrogen-bond donors (Lipinski definition) is 1. The highest BCUT2D eigenvalue weighted by molar-refractivity contribution is 5.97. The molecule has 0 saturated carbocycles. The zero-order valence-corrected chi connectivity index (χ0v) is 17.6. The number of carbonyl (C=O) groups is 1. The van der Waals surface area contributed by atoms with Crippen LogP contribution in [0.4, 0.5) is 0 Å². The van der Waals surface area contributed by atoms with Crippen molar-refractivity contribution in [1.29, 1.82) is 0 Å². The number of hydrogen-bond acceptors (Lipinski definition) is 4. The van der Waals surface area contributed by atoms with Crippen LogP contribution in [0, 0.1) is 19.8 Å². The van der Waals surface area contributed by atoms with Crippen molar-refractivity contribution in [3.63, 3.8) is 0 Å². The first-order chi connectivity index (χ1) is 13.8. The van der Waals surface area contributed by atoms with Crippen LogP contribution in [0.15, 0.2) is 48.7 Å². The summed E-state index contributed by atoms with van der Waals surface area (Å²) in [5.41, 5.74) is 5.20. The lowest BCUT2D eigenvalue weighted by Crippen LogP contribution is -2.27. The molecule has 0 aliphatic rings. The molecule has 0 bridgehead atoms. The SMILES string of the molecule is Cc1cccc(CN(C)C(=O)c2ccccc2-n2cc([C@@H](O)C(C)C)nn2)c1C. The molecule has 1 atom stereocenters. The molecule has 1 N–H and O–H groups in total. The molecule has 6 heteroatoms. The molecule has 0 unspecified atom stereocenters. The molecule has 6 nitrogen and oxygen atoms in total. The van der Waals surface area contributed by atoms with Crippen LogP contribution in [-0.2, 0) is 6.54 Å². The molecular weight excluding hydrogens is 364 g/mol. The molecule has 0 aliphatic carbocycles. The minimum absolute atomic E-state index is 0.0285. The molecular formula is C23H28N4O2. The summed E-state index contributed by atoms with van der Waals surface area (Å²) in [4.78, 5) is 14.9. The topological polar surface area (TPSA) is 71.2 Å². The Bertz CT molecular complexity index is 1010. The van der Waals surface area contributed by atoms with Crippen LogP contribution >= 0.6 is 0 Å². The lowest BCUT2D eigenvalue weighted by atomic mass is 10.0. The van der Waals surface area contributed by atoms with E-state index >= 15 is 0 Å². The van der Waals surface area contributed by atoms with Gasteiger partial charge in [0.05, 0.1) is 17.4 Å². The third kappa shape index (κ3) is 4.38. The van der Waals surface area contributed by atoms with Gasteiger partial charge in [0.1, 0.15) is 11.8 Å². The molecule has 0 fully saturated rings. The molecule has 1 heterocycles. The zero-order valence-electron chi connectivity index (χ0n) is 17.6. The average molecular weight is 393 g/mol. The molecule has 1 aromatic heterocycles. The summed E-state index contributed by atoms with van der Waals surface area (Å²) in [5, 5.41) is 18.5. The van der Waals surface area contributed by atoms with Gasteiger partial charge in [-0.1, -0.05) is 49.4 Å². The Morgan fingerprint density at radius 1 is 1.14 bits per heavy atom. The highest BCUT2D eigenvalue weighted by atomic mass is 16.3. The van der Waals surface area contributed by atoms with Gasteiger partial charge in [-0.3, -0.25) is 4.79 Å². The summed E-state index contributed by atoms with van der Waals surface area (Å²) < 4.78 is 1.56. The summed E-state index contributed by atoms with van der Waals surface area (Å²) in [5.74, 6) is -0.0660. The minimum Gasteiger partial charge on any atom is -0.386 e. The summed E-state index contributed by atoms with van der Waals surface area (Å²) in [6.07, 6.45) is 0.986. The van der Waals surface area contributed by atoms with Gasteiger partial charge in [-0.25, -0.2) is 4.68 Å². The molecule has 152 valence electrons. The fourth-order valence-electron chi connectivity index (χ4n) is 3.24. The van der Waals surface area contributed by atoms with Crippen LogP contribution in [0.2, 0.25) is 0 Å². The highest BCUT2D eigenvalue weighted by Gasteiger charge is 2.20. The summed E-state index contributed by atoms with van der Waals surface area (Å²) >= 11 is 0. The number of nitrogens with zero attached hydrogens (tertiary/aromatic N) is 4. The van der Waals surface area contributed by atoms with Crippen LogP contribution in [0.25, 0.3) is 5.69 Å². The van der Waals surface area contributed by atoms with Crippen LogP contribution < -0.4 is 0 Å². The first kappa shape index (κ1) is 20.7. The number of aliphatic hydroxyl groups excluding tert-OH is 1. The summed E-state index contributed by atoms with van der Waals surface area (Å²) in [7, 11) is 1.80. The van der Waals surface area contributed by atoms with Crippen molar-refractivity contribution in [3.8, 4) is 5.69 Å². The van der Waals surface area contributed by atoms with Gasteiger partial charge in [-0.05, 0) is 48.6 Å². The number of benzene rings is 2. The normalized spacial score (nSPS) is 12.2. The van der Waals surface area contributed by atoms with Gasteiger partial charge in [0.15, 0.2) is 0 Å². The molecule has 0 saturated heterocycles. The first-order valence-electron chi connectivity index (χ1n) is 9.80. The van der Waals surface area contributed by atoms with E-state index in [0.717, 1.165) is 5.56 Å². The van der Waals surface area contributed by atoms with Gasteiger partial charge in [0.25, 0.3) is 5.91 Å². The number of rotatable bonds is 6. The largest absolute Gasteiger partial charge is 0.386 e. The van der Waals surface area contributed by atoms with Gasteiger partial charge < -0.3 is 10.0 Å². The summed E-state index contributed by atoms with van der Waals surface area (Å²) in [6.45, 7) is 8.51. The molecule has 0 aliphatic heterocycles. The van der Waals surface area contributed by atoms with Crippen molar-refractivity contribution in [3.05, 3.63) is 76.6 Å². The molecule has 0 radical (unpaired) electrons. The maximum absolute atomic E-state index is 13.2. The smallest absolute Gasteiger partial charge is 0.256 e. The highest BCUT2D eigenvalue weighted by Crippen LogP contribution is 2.22. The maximum Gasteiger partial charge on any atom is 0.256 e. The standard InChI is InChI=1S/C23H28N4O2/c1-15(2)22(28)20-14-27(25-24-20)21-12-7-6-11-19(21)23(29)26(5)13-18-10-8-9-16(3)17(18)4/h6-12,14-15,22,28H,13H2,1-5H3/t22-/m0/s1. The fraction of sp³-hybridized carbons (Fsp3) is 0.348. The van der Waals surface area contributed by atoms with E-state index in [1.807, 2.05) is 38.1 Å². The van der Waals surface area contributed by atoms with Crippen molar-refractivity contribution in [2.45, 2.75) is 40.3 Å². The quantitative estimate of drug-likeness (QED) is 0.692. The Kier molecular flexibility index (Phi) is 6.13. The van der Waals surface area contributed by atoms with Crippen molar-refractivity contribution in [2.24, 2.45) is 5.92 Å². The molecule has 29 heavy (non-hydrogen) atoms. The Labute approximate surface area is 171 Å². The van der Waals surface area contributed by atoms with Crippen molar-refractivity contribution >= 4 is 5.91 Å². The number of aromatic nitrogens is 3. The van der Waals surface area contributed by atoms with E-state index in [9.17, 15) is 9.90 Å². The van der Waals surface area contributed by atoms with E-state index in [1.165, 1.54) is 11.1 Å². The average Bonchev–Trinajstić information content (AvgIpc) is 3.20. The Morgan fingerprint density at radius 3 is 2.59 bits per heavy atom. The Hall–Kier alpha value is -2.99. The number of carbonyl (C=O) groups excluding carboxylic acids is 1. The molecule has 0 spiro atoms. The van der Waals surface area contributed by atoms with Gasteiger partial charge in [0.2, 0.25) is 0 Å². The number of aryl methyl sites for hydroxylation is 1. The van der Waals surface area contributed by atoms with Crippen LogP contribution in [0.5, 0.6) is 0 Å². The van der Waals surface area contributed by atoms with E-state index in [0.29, 0.717) is 23.5 Å². The molecule has 3 aromatic rings. The molecule has 3 rings (SSSR count). The van der Waals surface area contributed by atoms with Gasteiger partial charge >= 0.3 is 0 Å². The Balaban J connectivity index is 1.88. The van der Waals surface area contributed by atoms with Crippen molar-refractivity contribution in [1.82, 2.24) is 19.9 Å². The maximum atomic E-state index is 13.2. The minimum atomic E-state index is -0.696. The monoisotopic (exact) mass is 392 g/mol. The van der Waals surface area contributed by atoms with Gasteiger partial charge in [0, 0.05) is 13.6 Å². The Morgan fingerprint density at radius 2 is 1.86 bits per heavy atom. The lowest BCUT2D eigenvalue weighted by molar-refractivity contribution is 0.0784. The second kappa shape index (κ2) is 8.57. The molecule has 1 amide bonds. The number of aliphatic hydroxyl groups is 1. The van der Waals surface area contributed by atoms with Crippen LogP contribution in [0.3, 0.4) is 0 Å². The van der Waals surface area contributed by atoms with Gasteiger partial charge in [-0.15, -0.1) is 5.10 Å². The van der Waals surface area contributed by atoms with E-state index in [2.05, 4.69) is 36.3 Å². The summed E-state index contributed by atoms with van der Waals surface area (Å²) in [6, 6.07) is 13.5. The molecule has 2 aromatic carbocycles. The zero-order chi connectivity index (χ0) is 21.1.